The van der Waals surface area contributed by atoms with Gasteiger partial charge in [0.15, 0.2) is 0 Å². The molecule has 15 heavy (non-hydrogen) atoms. The van der Waals surface area contributed by atoms with E-state index in [4.69, 9.17) is 5.73 Å². The summed E-state index contributed by atoms with van der Waals surface area (Å²) in [5.41, 5.74) is 3.18. The first kappa shape index (κ1) is 11.4. The van der Waals surface area contributed by atoms with Gasteiger partial charge in [0.2, 0.25) is 0 Å². The molecule has 0 saturated heterocycles. The smallest absolute Gasteiger partial charge is 0.398 e. The molecular weight excluding hydrogens is 209 g/mol. The van der Waals surface area contributed by atoms with Crippen LogP contribution in [0, 0.1) is 0 Å². The molecule has 1 aromatic carbocycles. The maximum Gasteiger partial charge on any atom is 0.419 e. The largest absolute Gasteiger partial charge is 0.419 e. The van der Waals surface area contributed by atoms with Crippen molar-refractivity contribution in [1.82, 2.24) is 5.32 Å². The van der Waals surface area contributed by atoms with Crippen molar-refractivity contribution in [2.45, 2.75) is 6.18 Å². The van der Waals surface area contributed by atoms with Gasteiger partial charge in [0.1, 0.15) is 0 Å². The summed E-state index contributed by atoms with van der Waals surface area (Å²) in [6, 6.07) is 3.49. The molecule has 0 aliphatic heterocycles. The zero-order valence-corrected chi connectivity index (χ0v) is 7.85. The van der Waals surface area contributed by atoms with Crippen LogP contribution in [0.5, 0.6) is 0 Å². The standard InChI is InChI=1S/C9H9F3N2O/c1-14-8(15)5-3-2-4-6(13)7(5)9(10,11)12/h2-4H,13H2,1H3,(H,14,15). The van der Waals surface area contributed by atoms with E-state index < -0.39 is 28.9 Å². The van der Waals surface area contributed by atoms with Crippen molar-refractivity contribution in [3.63, 3.8) is 0 Å². The summed E-state index contributed by atoms with van der Waals surface area (Å²) in [4.78, 5) is 11.2. The number of alkyl halides is 3. The van der Waals surface area contributed by atoms with Gasteiger partial charge in [-0.3, -0.25) is 4.79 Å². The third-order valence-corrected chi connectivity index (χ3v) is 1.85. The molecule has 0 spiro atoms. The quantitative estimate of drug-likeness (QED) is 0.704. The second kappa shape index (κ2) is 3.80. The van der Waals surface area contributed by atoms with E-state index >= 15 is 0 Å². The number of nitrogens with one attached hydrogen (secondary N) is 1. The first-order valence-electron chi connectivity index (χ1n) is 4.05. The fourth-order valence-corrected chi connectivity index (χ4v) is 1.21. The Hall–Kier alpha value is -1.72. The molecule has 6 heteroatoms. The van der Waals surface area contributed by atoms with Crippen LogP contribution in [0.2, 0.25) is 0 Å². The number of nitrogen functional groups attached to an aromatic ring is 1. The summed E-state index contributed by atoms with van der Waals surface area (Å²) < 4.78 is 37.6. The van der Waals surface area contributed by atoms with E-state index in [1.54, 1.807) is 0 Å². The van der Waals surface area contributed by atoms with Crippen LogP contribution in [0.25, 0.3) is 0 Å². The predicted octanol–water partition coefficient (Wildman–Crippen LogP) is 1.65. The molecule has 82 valence electrons. The Morgan fingerprint density at radius 1 is 1.40 bits per heavy atom. The monoisotopic (exact) mass is 218 g/mol. The molecule has 0 unspecified atom stereocenters. The van der Waals surface area contributed by atoms with Crippen LogP contribution in [0.1, 0.15) is 15.9 Å². The SMILES string of the molecule is CNC(=O)c1cccc(N)c1C(F)(F)F. The van der Waals surface area contributed by atoms with Crippen molar-refractivity contribution >= 4 is 11.6 Å². The maximum atomic E-state index is 12.5. The lowest BCUT2D eigenvalue weighted by atomic mass is 10.0. The highest BCUT2D eigenvalue weighted by Crippen LogP contribution is 2.35. The van der Waals surface area contributed by atoms with Gasteiger partial charge >= 0.3 is 6.18 Å². The maximum absolute atomic E-state index is 12.5. The highest BCUT2D eigenvalue weighted by molar-refractivity contribution is 5.97. The number of rotatable bonds is 1. The van der Waals surface area contributed by atoms with Gasteiger partial charge in [-0.25, -0.2) is 0 Å². The molecule has 1 rings (SSSR count). The van der Waals surface area contributed by atoms with E-state index in [1.807, 2.05) is 0 Å². The van der Waals surface area contributed by atoms with Crippen LogP contribution in [-0.4, -0.2) is 13.0 Å². The van der Waals surface area contributed by atoms with Gasteiger partial charge in [-0.05, 0) is 12.1 Å². The first-order valence-corrected chi connectivity index (χ1v) is 4.05. The molecule has 0 heterocycles. The third kappa shape index (κ3) is 2.20. The molecule has 0 atom stereocenters. The Balaban J connectivity index is 3.40. The molecule has 0 aliphatic carbocycles. The number of carbonyl (C=O) groups is 1. The van der Waals surface area contributed by atoms with Crippen molar-refractivity contribution < 1.29 is 18.0 Å². The van der Waals surface area contributed by atoms with Crippen molar-refractivity contribution in [3.8, 4) is 0 Å². The Labute approximate surface area is 84.1 Å². The molecule has 0 fully saturated rings. The van der Waals surface area contributed by atoms with E-state index in [0.29, 0.717) is 0 Å². The number of anilines is 1. The third-order valence-electron chi connectivity index (χ3n) is 1.85. The molecule has 0 saturated carbocycles. The summed E-state index contributed by atoms with van der Waals surface area (Å²) in [7, 11) is 1.26. The van der Waals surface area contributed by atoms with Gasteiger partial charge in [-0.2, -0.15) is 13.2 Å². The molecule has 0 aromatic heterocycles. The Morgan fingerprint density at radius 3 is 2.47 bits per heavy atom. The van der Waals surface area contributed by atoms with Crippen LogP contribution in [0.4, 0.5) is 18.9 Å². The van der Waals surface area contributed by atoms with E-state index in [2.05, 4.69) is 5.32 Å². The highest BCUT2D eigenvalue weighted by atomic mass is 19.4. The van der Waals surface area contributed by atoms with E-state index in [-0.39, 0.29) is 0 Å². The van der Waals surface area contributed by atoms with Crippen molar-refractivity contribution in [3.05, 3.63) is 29.3 Å². The Bertz CT molecular complexity index is 387. The number of amides is 1. The number of nitrogens with two attached hydrogens (primary N) is 1. The van der Waals surface area contributed by atoms with Gasteiger partial charge in [0.25, 0.3) is 5.91 Å². The van der Waals surface area contributed by atoms with Crippen LogP contribution in [-0.2, 0) is 6.18 Å². The topological polar surface area (TPSA) is 55.1 Å². The van der Waals surface area contributed by atoms with Crippen LogP contribution in [0.3, 0.4) is 0 Å². The molecule has 0 bridgehead atoms. The van der Waals surface area contributed by atoms with Crippen molar-refractivity contribution in [2.75, 3.05) is 12.8 Å². The summed E-state index contributed by atoms with van der Waals surface area (Å²) in [5.74, 6) is -0.811. The fraction of sp³-hybridized carbons (Fsp3) is 0.222. The molecule has 1 amide bonds. The average molecular weight is 218 g/mol. The number of hydrogen-bond donors (Lipinski definition) is 2. The summed E-state index contributed by atoms with van der Waals surface area (Å²) in [6.07, 6.45) is -4.63. The number of benzene rings is 1. The Kier molecular flexibility index (Phi) is 2.88. The second-order valence-electron chi connectivity index (χ2n) is 2.85. The zero-order chi connectivity index (χ0) is 11.6. The highest BCUT2D eigenvalue weighted by Gasteiger charge is 2.37. The van der Waals surface area contributed by atoms with Crippen LogP contribution in [0.15, 0.2) is 18.2 Å². The normalized spacial score (nSPS) is 11.2. The minimum Gasteiger partial charge on any atom is -0.398 e. The lowest BCUT2D eigenvalue weighted by Gasteiger charge is -2.13. The lowest BCUT2D eigenvalue weighted by molar-refractivity contribution is -0.137. The van der Waals surface area contributed by atoms with Gasteiger partial charge in [-0.1, -0.05) is 6.07 Å². The van der Waals surface area contributed by atoms with Gasteiger partial charge < -0.3 is 11.1 Å². The number of carbonyl (C=O) groups excluding carboxylic acids is 1. The van der Waals surface area contributed by atoms with Gasteiger partial charge in [0.05, 0.1) is 11.1 Å². The number of halogens is 3. The average Bonchev–Trinajstić information content (AvgIpc) is 2.14. The van der Waals surface area contributed by atoms with Crippen molar-refractivity contribution in [2.24, 2.45) is 0 Å². The summed E-state index contributed by atoms with van der Waals surface area (Å²) in [6.45, 7) is 0. The molecule has 1 aromatic rings. The molecular formula is C9H9F3N2O. The first-order chi connectivity index (χ1) is 6.88. The minimum absolute atomic E-state index is 0.455. The van der Waals surface area contributed by atoms with Crippen molar-refractivity contribution in [1.29, 1.82) is 0 Å². The molecule has 3 N–H and O–H groups in total. The molecule has 0 radical (unpaired) electrons. The summed E-state index contributed by atoms with van der Waals surface area (Å²) >= 11 is 0. The van der Waals surface area contributed by atoms with Gasteiger partial charge in [-0.15, -0.1) is 0 Å². The fourth-order valence-electron chi connectivity index (χ4n) is 1.21. The predicted molar refractivity (Wildman–Crippen MR) is 49.2 cm³/mol. The summed E-state index contributed by atoms with van der Waals surface area (Å²) in [5, 5.41) is 2.13. The molecule has 3 nitrogen and oxygen atoms in total. The van der Waals surface area contributed by atoms with E-state index in [9.17, 15) is 18.0 Å². The lowest BCUT2D eigenvalue weighted by Crippen LogP contribution is -2.23. The molecule has 0 aliphatic rings. The van der Waals surface area contributed by atoms with Crippen LogP contribution < -0.4 is 11.1 Å². The number of hydrogen-bond acceptors (Lipinski definition) is 2. The minimum atomic E-state index is -4.63. The second-order valence-corrected chi connectivity index (χ2v) is 2.85. The van der Waals surface area contributed by atoms with E-state index in [0.717, 1.165) is 12.1 Å². The van der Waals surface area contributed by atoms with Gasteiger partial charge in [0, 0.05) is 12.7 Å². The van der Waals surface area contributed by atoms with Crippen LogP contribution >= 0.6 is 0 Å². The van der Waals surface area contributed by atoms with E-state index in [1.165, 1.54) is 13.1 Å². The Morgan fingerprint density at radius 2 is 2.00 bits per heavy atom. The zero-order valence-electron chi connectivity index (χ0n) is 7.85.